The van der Waals surface area contributed by atoms with Gasteiger partial charge in [-0.2, -0.15) is 0 Å². The van der Waals surface area contributed by atoms with E-state index in [0.717, 1.165) is 32.7 Å². The minimum absolute atomic E-state index is 0.285. The van der Waals surface area contributed by atoms with Crippen molar-refractivity contribution >= 4 is 33.4 Å². The Hall–Kier alpha value is -3.66. The lowest BCUT2D eigenvalue weighted by molar-refractivity contribution is -0.142. The van der Waals surface area contributed by atoms with Crippen LogP contribution in [0.3, 0.4) is 0 Å². The number of nitrogens with one attached hydrogen (secondary N) is 1. The molecule has 4 nitrogen and oxygen atoms in total. The van der Waals surface area contributed by atoms with Crippen LogP contribution in [0.4, 0.5) is 0 Å². The molecular formula is C26H23NO3. The smallest absolute Gasteiger partial charge is 0.328 e. The number of carbonyl (C=O) groups is 2. The molecule has 0 saturated carbocycles. The lowest BCUT2D eigenvalue weighted by Crippen LogP contribution is -2.43. The Morgan fingerprint density at radius 1 is 0.867 bits per heavy atom. The van der Waals surface area contributed by atoms with Crippen molar-refractivity contribution in [2.75, 3.05) is 7.11 Å². The summed E-state index contributed by atoms with van der Waals surface area (Å²) in [6.45, 7) is 1.99. The van der Waals surface area contributed by atoms with Crippen molar-refractivity contribution < 1.29 is 14.3 Å². The summed E-state index contributed by atoms with van der Waals surface area (Å²) in [4.78, 5) is 25.9. The fourth-order valence-corrected chi connectivity index (χ4v) is 3.88. The Bertz CT molecular complexity index is 1190. The van der Waals surface area contributed by atoms with Gasteiger partial charge in [-0.05, 0) is 45.7 Å². The summed E-state index contributed by atoms with van der Waals surface area (Å²) in [6.07, 6.45) is 0.369. The zero-order valence-corrected chi connectivity index (χ0v) is 17.0. The number of aryl methyl sites for hydroxylation is 1. The molecule has 0 bridgehead atoms. The van der Waals surface area contributed by atoms with Crippen LogP contribution in [0.25, 0.3) is 21.5 Å². The monoisotopic (exact) mass is 397 g/mol. The largest absolute Gasteiger partial charge is 0.467 e. The topological polar surface area (TPSA) is 55.4 Å². The molecule has 0 saturated heterocycles. The Kier molecular flexibility index (Phi) is 5.48. The molecule has 4 aromatic carbocycles. The average molecular weight is 397 g/mol. The molecule has 30 heavy (non-hydrogen) atoms. The molecule has 0 fully saturated rings. The van der Waals surface area contributed by atoms with Crippen molar-refractivity contribution in [3.05, 3.63) is 95.6 Å². The van der Waals surface area contributed by atoms with E-state index >= 15 is 0 Å². The van der Waals surface area contributed by atoms with E-state index in [0.29, 0.717) is 12.0 Å². The zero-order valence-electron chi connectivity index (χ0n) is 17.0. The van der Waals surface area contributed by atoms with Crippen LogP contribution in [0, 0.1) is 6.92 Å². The summed E-state index contributed by atoms with van der Waals surface area (Å²) in [7, 11) is 1.34. The second-order valence-corrected chi connectivity index (χ2v) is 7.37. The Balaban J connectivity index is 1.76. The third kappa shape index (κ3) is 3.77. The molecule has 0 radical (unpaired) electrons. The Labute approximate surface area is 175 Å². The van der Waals surface area contributed by atoms with Crippen LogP contribution < -0.4 is 5.32 Å². The van der Waals surface area contributed by atoms with E-state index < -0.39 is 12.0 Å². The van der Waals surface area contributed by atoms with Crippen LogP contribution in [-0.2, 0) is 16.0 Å². The summed E-state index contributed by atoms with van der Waals surface area (Å²) in [5, 5.41) is 6.60. The lowest BCUT2D eigenvalue weighted by Gasteiger charge is -2.19. The molecule has 0 unspecified atom stereocenters. The number of hydrogen-bond acceptors (Lipinski definition) is 3. The lowest BCUT2D eigenvalue weighted by atomic mass is 9.95. The molecule has 0 spiro atoms. The van der Waals surface area contributed by atoms with E-state index in [2.05, 4.69) is 11.4 Å². The van der Waals surface area contributed by atoms with Gasteiger partial charge in [0.15, 0.2) is 0 Å². The Morgan fingerprint density at radius 2 is 1.43 bits per heavy atom. The number of esters is 1. The third-order valence-corrected chi connectivity index (χ3v) is 5.47. The number of fused-ring (bicyclic) bond motifs is 2. The SMILES string of the molecule is COC(=O)[C@H](Cc1ccccc1C)NC(=O)c1c2ccccc2cc2ccccc12. The second-order valence-electron chi connectivity index (χ2n) is 7.37. The molecule has 1 atom stereocenters. The minimum Gasteiger partial charge on any atom is -0.467 e. The molecule has 4 heteroatoms. The van der Waals surface area contributed by atoms with Gasteiger partial charge < -0.3 is 10.1 Å². The highest BCUT2D eigenvalue weighted by Crippen LogP contribution is 2.28. The van der Waals surface area contributed by atoms with E-state index in [1.807, 2.05) is 79.7 Å². The average Bonchev–Trinajstić information content (AvgIpc) is 2.77. The van der Waals surface area contributed by atoms with E-state index in [1.54, 1.807) is 0 Å². The molecule has 0 aliphatic carbocycles. The van der Waals surface area contributed by atoms with Gasteiger partial charge in [-0.25, -0.2) is 4.79 Å². The van der Waals surface area contributed by atoms with Crippen LogP contribution in [0.1, 0.15) is 21.5 Å². The summed E-state index contributed by atoms with van der Waals surface area (Å²) in [5.41, 5.74) is 2.63. The first kappa shape index (κ1) is 19.6. The van der Waals surface area contributed by atoms with Gasteiger partial charge in [-0.15, -0.1) is 0 Å². The van der Waals surface area contributed by atoms with Crippen molar-refractivity contribution in [2.24, 2.45) is 0 Å². The van der Waals surface area contributed by atoms with E-state index in [1.165, 1.54) is 7.11 Å². The number of methoxy groups -OCH3 is 1. The molecule has 150 valence electrons. The summed E-state index contributed by atoms with van der Waals surface area (Å²) in [6, 6.07) is 24.7. The highest BCUT2D eigenvalue weighted by atomic mass is 16.5. The maximum Gasteiger partial charge on any atom is 0.328 e. The van der Waals surface area contributed by atoms with Gasteiger partial charge in [0.25, 0.3) is 5.91 Å². The first-order valence-electron chi connectivity index (χ1n) is 9.92. The standard InChI is InChI=1S/C26H23NO3/c1-17-9-3-4-10-18(17)16-23(26(29)30-2)27-25(28)24-21-13-7-5-11-19(21)15-20-12-6-8-14-22(20)24/h3-15,23H,16H2,1-2H3,(H,27,28)/t23-/m0/s1. The first-order chi connectivity index (χ1) is 14.6. The number of amides is 1. The number of hydrogen-bond donors (Lipinski definition) is 1. The molecule has 0 aliphatic rings. The molecule has 4 rings (SSSR count). The molecular weight excluding hydrogens is 374 g/mol. The maximum atomic E-state index is 13.5. The quantitative estimate of drug-likeness (QED) is 0.388. The van der Waals surface area contributed by atoms with Gasteiger partial charge in [0.1, 0.15) is 6.04 Å². The minimum atomic E-state index is -0.777. The van der Waals surface area contributed by atoms with Gasteiger partial charge in [0.2, 0.25) is 0 Å². The molecule has 4 aromatic rings. The van der Waals surface area contributed by atoms with E-state index in [9.17, 15) is 9.59 Å². The molecule has 0 aliphatic heterocycles. The van der Waals surface area contributed by atoms with Crippen LogP contribution in [0.2, 0.25) is 0 Å². The van der Waals surface area contributed by atoms with Crippen molar-refractivity contribution in [2.45, 2.75) is 19.4 Å². The normalized spacial score (nSPS) is 11.9. The van der Waals surface area contributed by atoms with E-state index in [-0.39, 0.29) is 5.91 Å². The molecule has 0 aromatic heterocycles. The number of rotatable bonds is 5. The second kappa shape index (κ2) is 8.37. The Morgan fingerprint density at radius 3 is 2.03 bits per heavy atom. The highest BCUT2D eigenvalue weighted by molar-refractivity contribution is 6.18. The van der Waals surface area contributed by atoms with E-state index in [4.69, 9.17) is 4.74 Å². The van der Waals surface area contributed by atoms with Crippen LogP contribution in [0.15, 0.2) is 78.9 Å². The van der Waals surface area contributed by atoms with Gasteiger partial charge in [-0.1, -0.05) is 72.8 Å². The van der Waals surface area contributed by atoms with Crippen molar-refractivity contribution in [3.8, 4) is 0 Å². The van der Waals surface area contributed by atoms with Crippen LogP contribution in [0.5, 0.6) is 0 Å². The number of ether oxygens (including phenoxy) is 1. The van der Waals surface area contributed by atoms with Crippen molar-refractivity contribution in [1.29, 1.82) is 0 Å². The molecule has 1 amide bonds. The van der Waals surface area contributed by atoms with Crippen molar-refractivity contribution in [1.82, 2.24) is 5.32 Å². The molecule has 0 heterocycles. The molecule has 1 N–H and O–H groups in total. The number of carbonyl (C=O) groups excluding carboxylic acids is 2. The highest BCUT2D eigenvalue weighted by Gasteiger charge is 2.25. The zero-order chi connectivity index (χ0) is 21.1. The fourth-order valence-electron chi connectivity index (χ4n) is 3.88. The first-order valence-corrected chi connectivity index (χ1v) is 9.92. The van der Waals surface area contributed by atoms with Gasteiger partial charge in [-0.3, -0.25) is 4.79 Å². The maximum absolute atomic E-state index is 13.5. The van der Waals surface area contributed by atoms with Crippen LogP contribution in [-0.4, -0.2) is 25.0 Å². The summed E-state index contributed by atoms with van der Waals surface area (Å²) >= 11 is 0. The van der Waals surface area contributed by atoms with Crippen LogP contribution >= 0.6 is 0 Å². The fraction of sp³-hybridized carbons (Fsp3) is 0.154. The van der Waals surface area contributed by atoms with Gasteiger partial charge >= 0.3 is 5.97 Å². The van der Waals surface area contributed by atoms with Gasteiger partial charge in [0, 0.05) is 6.42 Å². The number of benzene rings is 4. The predicted octanol–water partition coefficient (Wildman–Crippen LogP) is 4.82. The summed E-state index contributed by atoms with van der Waals surface area (Å²) in [5.74, 6) is -0.747. The third-order valence-electron chi connectivity index (χ3n) is 5.47. The van der Waals surface area contributed by atoms with Gasteiger partial charge in [0.05, 0.1) is 12.7 Å². The predicted molar refractivity (Wildman–Crippen MR) is 120 cm³/mol. The summed E-state index contributed by atoms with van der Waals surface area (Å²) < 4.78 is 4.98. The van der Waals surface area contributed by atoms with Crippen molar-refractivity contribution in [3.63, 3.8) is 0 Å².